The fourth-order valence-electron chi connectivity index (χ4n) is 1.58. The molecule has 0 amide bonds. The van der Waals surface area contributed by atoms with Gasteiger partial charge < -0.3 is 0 Å². The molecule has 1 nitrogen and oxygen atoms in total. The van der Waals surface area contributed by atoms with E-state index in [0.29, 0.717) is 22.3 Å². The Bertz CT molecular complexity index is 535. The summed E-state index contributed by atoms with van der Waals surface area (Å²) in [4.78, 5) is 3.59. The molecule has 2 aromatic rings. The summed E-state index contributed by atoms with van der Waals surface area (Å²) in [7, 11) is 0. The zero-order chi connectivity index (χ0) is 11.7. The zero-order valence-electron chi connectivity index (χ0n) is 9.09. The van der Waals surface area contributed by atoms with E-state index in [9.17, 15) is 8.78 Å². The number of halogens is 2. The number of hydrogen-bond acceptors (Lipinski definition) is 1. The van der Waals surface area contributed by atoms with Crippen LogP contribution < -0.4 is 0 Å². The van der Waals surface area contributed by atoms with Crippen LogP contribution in [0.4, 0.5) is 8.78 Å². The van der Waals surface area contributed by atoms with Gasteiger partial charge in [0.05, 0.1) is 0 Å². The van der Waals surface area contributed by atoms with Gasteiger partial charge in [-0.05, 0) is 25.5 Å². The van der Waals surface area contributed by atoms with Crippen molar-refractivity contribution in [2.75, 3.05) is 0 Å². The number of rotatable bonds is 1. The third kappa shape index (κ3) is 1.81. The first-order valence-electron chi connectivity index (χ1n) is 4.97. The van der Waals surface area contributed by atoms with Crippen LogP contribution in [0.1, 0.15) is 11.1 Å². The standard InChI is InChI=1S/C13H11F2N/c1-8-4-3-5-11(12(8)14)10-6-9(2)13(15)16-7-10/h3-7H,1-2H3. The third-order valence-corrected chi connectivity index (χ3v) is 2.52. The highest BCUT2D eigenvalue weighted by Gasteiger charge is 2.09. The number of benzene rings is 1. The first-order chi connectivity index (χ1) is 7.59. The Kier molecular flexibility index (Phi) is 2.69. The summed E-state index contributed by atoms with van der Waals surface area (Å²) in [5.41, 5.74) is 2.04. The molecule has 0 saturated carbocycles. The van der Waals surface area contributed by atoms with Crippen molar-refractivity contribution in [2.45, 2.75) is 13.8 Å². The summed E-state index contributed by atoms with van der Waals surface area (Å²) >= 11 is 0. The molecule has 0 saturated heterocycles. The Morgan fingerprint density at radius 1 is 1.06 bits per heavy atom. The van der Waals surface area contributed by atoms with Crippen molar-refractivity contribution >= 4 is 0 Å². The van der Waals surface area contributed by atoms with Gasteiger partial charge in [-0.15, -0.1) is 0 Å². The molecule has 3 heteroatoms. The minimum Gasteiger partial charge on any atom is -0.227 e. The lowest BCUT2D eigenvalue weighted by Gasteiger charge is -2.06. The molecule has 0 aliphatic heterocycles. The second-order valence-corrected chi connectivity index (χ2v) is 3.77. The lowest BCUT2D eigenvalue weighted by Crippen LogP contribution is -1.92. The molecule has 0 radical (unpaired) electrons. The Labute approximate surface area is 92.8 Å². The van der Waals surface area contributed by atoms with Gasteiger partial charge in [-0.25, -0.2) is 9.37 Å². The largest absolute Gasteiger partial charge is 0.227 e. The monoisotopic (exact) mass is 219 g/mol. The summed E-state index contributed by atoms with van der Waals surface area (Å²) in [6.07, 6.45) is 1.35. The highest BCUT2D eigenvalue weighted by Crippen LogP contribution is 2.25. The highest BCUT2D eigenvalue weighted by molar-refractivity contribution is 5.64. The van der Waals surface area contributed by atoms with E-state index >= 15 is 0 Å². The summed E-state index contributed by atoms with van der Waals surface area (Å²) in [6, 6.07) is 6.73. The van der Waals surface area contributed by atoms with E-state index in [1.54, 1.807) is 38.1 Å². The molecule has 1 aromatic heterocycles. The van der Waals surface area contributed by atoms with Gasteiger partial charge in [-0.3, -0.25) is 0 Å². The summed E-state index contributed by atoms with van der Waals surface area (Å²) in [5.74, 6) is -0.799. The van der Waals surface area contributed by atoms with E-state index in [0.717, 1.165) is 0 Å². The maximum absolute atomic E-state index is 13.8. The number of aromatic nitrogens is 1. The predicted molar refractivity (Wildman–Crippen MR) is 59.1 cm³/mol. The second-order valence-electron chi connectivity index (χ2n) is 3.77. The van der Waals surface area contributed by atoms with Gasteiger partial charge in [-0.2, -0.15) is 4.39 Å². The highest BCUT2D eigenvalue weighted by atomic mass is 19.1. The second kappa shape index (κ2) is 4.00. The smallest absolute Gasteiger partial charge is 0.215 e. The van der Waals surface area contributed by atoms with Gasteiger partial charge in [0.2, 0.25) is 5.95 Å². The molecule has 0 fully saturated rings. The van der Waals surface area contributed by atoms with Crippen LogP contribution >= 0.6 is 0 Å². The number of pyridine rings is 1. The van der Waals surface area contributed by atoms with Gasteiger partial charge in [0.25, 0.3) is 0 Å². The molecule has 1 aromatic carbocycles. The number of nitrogens with zero attached hydrogens (tertiary/aromatic N) is 1. The van der Waals surface area contributed by atoms with E-state index in [-0.39, 0.29) is 5.82 Å². The van der Waals surface area contributed by atoms with Crippen molar-refractivity contribution in [2.24, 2.45) is 0 Å². The van der Waals surface area contributed by atoms with Crippen LogP contribution in [0.25, 0.3) is 11.1 Å². The average Bonchev–Trinajstić information content (AvgIpc) is 2.26. The van der Waals surface area contributed by atoms with E-state index < -0.39 is 5.95 Å². The molecule has 2 rings (SSSR count). The maximum atomic E-state index is 13.8. The van der Waals surface area contributed by atoms with Crippen LogP contribution in [-0.2, 0) is 0 Å². The van der Waals surface area contributed by atoms with Crippen molar-refractivity contribution in [3.63, 3.8) is 0 Å². The zero-order valence-corrected chi connectivity index (χ0v) is 9.09. The molecule has 0 N–H and O–H groups in total. The molecule has 0 atom stereocenters. The number of hydrogen-bond donors (Lipinski definition) is 0. The van der Waals surface area contributed by atoms with Crippen LogP contribution in [0.5, 0.6) is 0 Å². The topological polar surface area (TPSA) is 12.9 Å². The van der Waals surface area contributed by atoms with E-state index in [2.05, 4.69) is 4.98 Å². The molecule has 16 heavy (non-hydrogen) atoms. The first-order valence-corrected chi connectivity index (χ1v) is 4.97. The Morgan fingerprint density at radius 2 is 1.81 bits per heavy atom. The van der Waals surface area contributed by atoms with E-state index in [4.69, 9.17) is 0 Å². The molecule has 0 bridgehead atoms. The van der Waals surface area contributed by atoms with Crippen LogP contribution in [0.15, 0.2) is 30.5 Å². The van der Waals surface area contributed by atoms with Crippen molar-refractivity contribution in [3.05, 3.63) is 53.4 Å². The molecular formula is C13H11F2N. The van der Waals surface area contributed by atoms with Gasteiger partial charge in [0.15, 0.2) is 0 Å². The van der Waals surface area contributed by atoms with Crippen molar-refractivity contribution in [1.82, 2.24) is 4.98 Å². The molecule has 1 heterocycles. The SMILES string of the molecule is Cc1cc(-c2cccc(C)c2F)cnc1F. The lowest BCUT2D eigenvalue weighted by atomic mass is 10.0. The van der Waals surface area contributed by atoms with Crippen molar-refractivity contribution in [1.29, 1.82) is 0 Å². The Morgan fingerprint density at radius 3 is 2.50 bits per heavy atom. The molecule has 0 aliphatic rings. The van der Waals surface area contributed by atoms with E-state index in [1.807, 2.05) is 0 Å². The summed E-state index contributed by atoms with van der Waals surface area (Å²) in [5, 5.41) is 0. The predicted octanol–water partition coefficient (Wildman–Crippen LogP) is 3.64. The number of aryl methyl sites for hydroxylation is 2. The minimum absolute atomic E-state index is 0.282. The van der Waals surface area contributed by atoms with Gasteiger partial charge in [0, 0.05) is 22.9 Å². The van der Waals surface area contributed by atoms with Crippen molar-refractivity contribution in [3.8, 4) is 11.1 Å². The summed E-state index contributed by atoms with van der Waals surface area (Å²) < 4.78 is 26.8. The van der Waals surface area contributed by atoms with Crippen LogP contribution in [0, 0.1) is 25.6 Å². The van der Waals surface area contributed by atoms with Crippen molar-refractivity contribution < 1.29 is 8.78 Å². The lowest BCUT2D eigenvalue weighted by molar-refractivity contribution is 0.574. The first kappa shape index (κ1) is 10.7. The Balaban J connectivity index is 2.59. The maximum Gasteiger partial charge on any atom is 0.215 e. The molecule has 82 valence electrons. The van der Waals surface area contributed by atoms with Gasteiger partial charge in [-0.1, -0.05) is 18.2 Å². The van der Waals surface area contributed by atoms with Gasteiger partial charge >= 0.3 is 0 Å². The van der Waals surface area contributed by atoms with Crippen LogP contribution in [0.3, 0.4) is 0 Å². The molecule has 0 spiro atoms. The average molecular weight is 219 g/mol. The Hall–Kier alpha value is -1.77. The summed E-state index contributed by atoms with van der Waals surface area (Å²) in [6.45, 7) is 3.31. The minimum atomic E-state index is -0.517. The third-order valence-electron chi connectivity index (χ3n) is 2.52. The normalized spacial score (nSPS) is 10.5. The van der Waals surface area contributed by atoms with Gasteiger partial charge in [0.1, 0.15) is 5.82 Å². The fourth-order valence-corrected chi connectivity index (χ4v) is 1.58. The molecular weight excluding hydrogens is 208 g/mol. The van der Waals surface area contributed by atoms with Crippen LogP contribution in [-0.4, -0.2) is 4.98 Å². The quantitative estimate of drug-likeness (QED) is 0.667. The molecule has 0 unspecified atom stereocenters. The fraction of sp³-hybridized carbons (Fsp3) is 0.154. The van der Waals surface area contributed by atoms with E-state index in [1.165, 1.54) is 6.20 Å². The molecule has 0 aliphatic carbocycles. The van der Waals surface area contributed by atoms with Crippen LogP contribution in [0.2, 0.25) is 0 Å².